The van der Waals surface area contributed by atoms with E-state index in [-0.39, 0.29) is 10.9 Å². The largest absolute Gasteiger partial charge is 0.465 e. The van der Waals surface area contributed by atoms with Crippen molar-refractivity contribution in [3.8, 4) is 0 Å². The molecule has 3 aromatic rings. The zero-order valence-electron chi connectivity index (χ0n) is 16.2. The van der Waals surface area contributed by atoms with Crippen LogP contribution in [0.5, 0.6) is 0 Å². The molecule has 152 valence electrons. The van der Waals surface area contributed by atoms with E-state index in [1.54, 1.807) is 10.7 Å². The standard InChI is InChI=1S/C19H20FN5O2S2/c1-4-14-11(2)29-16(15(14)17(26)27-3)22-19(28)23-18-21-10-25(24-18)9-12-6-5-7-13(20)8-12/h5-8,10H,4,9H2,1-3H3,(H2,22,23,24,28). The van der Waals surface area contributed by atoms with Crippen molar-refractivity contribution in [3.05, 3.63) is 58.0 Å². The maximum atomic E-state index is 13.3. The molecule has 2 heterocycles. The van der Waals surface area contributed by atoms with Crippen molar-refractivity contribution in [3.63, 3.8) is 0 Å². The van der Waals surface area contributed by atoms with Gasteiger partial charge >= 0.3 is 5.97 Å². The van der Waals surface area contributed by atoms with Gasteiger partial charge in [-0.05, 0) is 48.8 Å². The Balaban J connectivity index is 1.69. The lowest BCUT2D eigenvalue weighted by Crippen LogP contribution is -2.21. The maximum absolute atomic E-state index is 13.3. The van der Waals surface area contributed by atoms with E-state index < -0.39 is 5.97 Å². The molecule has 10 heteroatoms. The summed E-state index contributed by atoms with van der Waals surface area (Å²) in [5, 5.41) is 11.1. The lowest BCUT2D eigenvalue weighted by atomic mass is 10.1. The molecule has 2 N–H and O–H groups in total. The third-order valence-electron chi connectivity index (χ3n) is 4.17. The summed E-state index contributed by atoms with van der Waals surface area (Å²) in [6.45, 7) is 4.31. The molecule has 0 spiro atoms. The molecule has 29 heavy (non-hydrogen) atoms. The van der Waals surface area contributed by atoms with Crippen LogP contribution in [0.25, 0.3) is 0 Å². The number of hydrogen-bond acceptors (Lipinski definition) is 6. The molecule has 0 radical (unpaired) electrons. The summed E-state index contributed by atoms with van der Waals surface area (Å²) in [7, 11) is 1.35. The molecule has 0 bridgehead atoms. The van der Waals surface area contributed by atoms with Gasteiger partial charge in [0.15, 0.2) is 5.11 Å². The predicted molar refractivity (Wildman–Crippen MR) is 115 cm³/mol. The number of rotatable bonds is 6. The Morgan fingerprint density at radius 1 is 1.38 bits per heavy atom. The summed E-state index contributed by atoms with van der Waals surface area (Å²) in [5.74, 6) is -0.415. The van der Waals surface area contributed by atoms with E-state index in [9.17, 15) is 9.18 Å². The van der Waals surface area contributed by atoms with Crippen LogP contribution in [0.4, 0.5) is 15.3 Å². The number of methoxy groups -OCH3 is 1. The fourth-order valence-electron chi connectivity index (χ4n) is 2.90. The molecule has 0 unspecified atom stereocenters. The molecule has 0 saturated carbocycles. The normalized spacial score (nSPS) is 10.6. The number of carbonyl (C=O) groups excluding carboxylic acids is 1. The van der Waals surface area contributed by atoms with Gasteiger partial charge in [0.2, 0.25) is 5.95 Å². The van der Waals surface area contributed by atoms with Crippen LogP contribution in [-0.4, -0.2) is 33.0 Å². The van der Waals surface area contributed by atoms with Crippen LogP contribution >= 0.6 is 23.6 Å². The average molecular weight is 434 g/mol. The third kappa shape index (κ3) is 4.96. The Kier molecular flexibility index (Phi) is 6.55. The van der Waals surface area contributed by atoms with Crippen molar-refractivity contribution >= 4 is 45.6 Å². The number of hydrogen-bond donors (Lipinski definition) is 2. The number of aryl methyl sites for hydroxylation is 1. The first-order chi connectivity index (χ1) is 13.9. The Morgan fingerprint density at radius 3 is 2.86 bits per heavy atom. The topological polar surface area (TPSA) is 81.1 Å². The van der Waals surface area contributed by atoms with Gasteiger partial charge in [0.25, 0.3) is 0 Å². The fraction of sp³-hybridized carbons (Fsp3) is 0.263. The number of carbonyl (C=O) groups is 1. The van der Waals surface area contributed by atoms with E-state index in [4.69, 9.17) is 17.0 Å². The Morgan fingerprint density at radius 2 is 2.17 bits per heavy atom. The van der Waals surface area contributed by atoms with Gasteiger partial charge in [0.1, 0.15) is 17.1 Å². The molecular formula is C19H20FN5O2S2. The van der Waals surface area contributed by atoms with Crippen molar-refractivity contribution in [2.45, 2.75) is 26.8 Å². The van der Waals surface area contributed by atoms with Crippen molar-refractivity contribution in [1.82, 2.24) is 14.8 Å². The summed E-state index contributed by atoms with van der Waals surface area (Å²) in [6, 6.07) is 6.29. The summed E-state index contributed by atoms with van der Waals surface area (Å²) in [4.78, 5) is 17.4. The number of benzene rings is 1. The van der Waals surface area contributed by atoms with Crippen molar-refractivity contribution in [2.24, 2.45) is 0 Å². The molecule has 3 rings (SSSR count). The van der Waals surface area contributed by atoms with E-state index in [2.05, 4.69) is 20.7 Å². The highest BCUT2D eigenvalue weighted by Gasteiger charge is 2.22. The van der Waals surface area contributed by atoms with Gasteiger partial charge in [0, 0.05) is 4.88 Å². The molecule has 1 aromatic carbocycles. The average Bonchev–Trinajstić information content (AvgIpc) is 3.24. The fourth-order valence-corrected chi connectivity index (χ4v) is 4.29. The van der Waals surface area contributed by atoms with Crippen molar-refractivity contribution in [1.29, 1.82) is 0 Å². The monoisotopic (exact) mass is 433 g/mol. The second kappa shape index (κ2) is 9.10. The van der Waals surface area contributed by atoms with Crippen LogP contribution in [0.3, 0.4) is 0 Å². The first kappa shape index (κ1) is 20.9. The van der Waals surface area contributed by atoms with Crippen LogP contribution in [-0.2, 0) is 17.7 Å². The third-order valence-corrected chi connectivity index (χ3v) is 5.44. The van der Waals surface area contributed by atoms with Crippen LogP contribution in [0, 0.1) is 12.7 Å². The highest BCUT2D eigenvalue weighted by Crippen LogP contribution is 2.34. The lowest BCUT2D eigenvalue weighted by Gasteiger charge is -2.09. The number of thiophene rings is 1. The molecule has 0 amide bonds. The number of aromatic nitrogens is 3. The van der Waals surface area contributed by atoms with E-state index in [0.717, 1.165) is 16.0 Å². The zero-order chi connectivity index (χ0) is 21.0. The molecule has 0 fully saturated rings. The van der Waals surface area contributed by atoms with Gasteiger partial charge in [0.05, 0.1) is 19.2 Å². The Bertz CT molecular complexity index is 1050. The van der Waals surface area contributed by atoms with Crippen molar-refractivity contribution < 1.29 is 13.9 Å². The number of esters is 1. The number of anilines is 2. The maximum Gasteiger partial charge on any atom is 0.341 e. The minimum Gasteiger partial charge on any atom is -0.465 e. The van der Waals surface area contributed by atoms with Gasteiger partial charge < -0.3 is 10.1 Å². The molecular weight excluding hydrogens is 413 g/mol. The quantitative estimate of drug-likeness (QED) is 0.449. The first-order valence-corrected chi connectivity index (χ1v) is 10.1. The van der Waals surface area contributed by atoms with E-state index in [0.29, 0.717) is 29.5 Å². The molecule has 0 aliphatic carbocycles. The molecule has 0 saturated heterocycles. The highest BCUT2D eigenvalue weighted by molar-refractivity contribution is 7.80. The minimum absolute atomic E-state index is 0.252. The van der Waals surface area contributed by atoms with Crippen LogP contribution < -0.4 is 10.6 Å². The zero-order valence-corrected chi connectivity index (χ0v) is 17.8. The van der Waals surface area contributed by atoms with Gasteiger partial charge in [-0.3, -0.25) is 5.32 Å². The smallest absolute Gasteiger partial charge is 0.341 e. The highest BCUT2D eigenvalue weighted by atomic mass is 32.1. The number of thiocarbonyl (C=S) groups is 1. The Labute approximate surface area is 176 Å². The summed E-state index contributed by atoms with van der Waals surface area (Å²) in [5.41, 5.74) is 2.20. The van der Waals surface area contributed by atoms with Gasteiger partial charge in [-0.25, -0.2) is 18.9 Å². The number of ether oxygens (including phenoxy) is 1. The second-order valence-electron chi connectivity index (χ2n) is 6.16. The summed E-state index contributed by atoms with van der Waals surface area (Å²) >= 11 is 6.77. The van der Waals surface area contributed by atoms with Gasteiger partial charge in [-0.1, -0.05) is 19.1 Å². The summed E-state index contributed by atoms with van der Waals surface area (Å²) < 4.78 is 19.8. The number of halogens is 1. The van der Waals surface area contributed by atoms with Gasteiger partial charge in [-0.15, -0.1) is 16.4 Å². The Hall–Kier alpha value is -2.85. The van der Waals surface area contributed by atoms with Crippen LogP contribution in [0.2, 0.25) is 0 Å². The van der Waals surface area contributed by atoms with E-state index >= 15 is 0 Å². The molecule has 7 nitrogen and oxygen atoms in total. The minimum atomic E-state index is -0.408. The van der Waals surface area contributed by atoms with Gasteiger partial charge in [-0.2, -0.15) is 0 Å². The predicted octanol–water partition coefficient (Wildman–Crippen LogP) is 3.99. The van der Waals surface area contributed by atoms with Crippen molar-refractivity contribution in [2.75, 3.05) is 17.7 Å². The summed E-state index contributed by atoms with van der Waals surface area (Å²) in [6.07, 6.45) is 2.24. The molecule has 0 atom stereocenters. The van der Waals surface area contributed by atoms with E-state index in [1.807, 2.05) is 19.9 Å². The SMILES string of the molecule is CCc1c(C)sc(NC(=S)Nc2ncn(Cc3cccc(F)c3)n2)c1C(=O)OC. The first-order valence-electron chi connectivity index (χ1n) is 8.83. The van der Waals surface area contributed by atoms with Crippen LogP contribution in [0.1, 0.15) is 33.3 Å². The van der Waals surface area contributed by atoms with Crippen LogP contribution in [0.15, 0.2) is 30.6 Å². The lowest BCUT2D eigenvalue weighted by molar-refractivity contribution is 0.0601. The molecule has 0 aliphatic heterocycles. The molecule has 2 aromatic heterocycles. The number of nitrogens with one attached hydrogen (secondary N) is 2. The number of nitrogens with zero attached hydrogens (tertiary/aromatic N) is 3. The molecule has 0 aliphatic rings. The van der Waals surface area contributed by atoms with E-state index in [1.165, 1.54) is 36.9 Å². The second-order valence-corrected chi connectivity index (χ2v) is 7.79.